The van der Waals surface area contributed by atoms with E-state index in [9.17, 15) is 8.42 Å². The molecule has 1 heterocycles. The van der Waals surface area contributed by atoms with Crippen LogP contribution in [0, 0.1) is 0 Å². The first-order valence-corrected chi connectivity index (χ1v) is 6.80. The molecule has 0 aromatic carbocycles. The van der Waals surface area contributed by atoms with Gasteiger partial charge in [-0.15, -0.1) is 0 Å². The van der Waals surface area contributed by atoms with Crippen LogP contribution < -0.4 is 0 Å². The maximum absolute atomic E-state index is 11.6. The van der Waals surface area contributed by atoms with Crippen molar-refractivity contribution in [1.82, 2.24) is 4.31 Å². The third-order valence-corrected chi connectivity index (χ3v) is 5.12. The van der Waals surface area contributed by atoms with Crippen molar-refractivity contribution in [2.24, 2.45) is 0 Å². The van der Waals surface area contributed by atoms with Gasteiger partial charge in [0, 0.05) is 12.6 Å². The lowest BCUT2D eigenvalue weighted by Crippen LogP contribution is -2.37. The molecular formula is C9H17NO2S. The highest BCUT2D eigenvalue weighted by molar-refractivity contribution is 7.89. The van der Waals surface area contributed by atoms with Crippen LogP contribution >= 0.6 is 0 Å². The van der Waals surface area contributed by atoms with Crippen molar-refractivity contribution in [3.8, 4) is 0 Å². The monoisotopic (exact) mass is 203 g/mol. The van der Waals surface area contributed by atoms with Gasteiger partial charge in [0.1, 0.15) is 0 Å². The first-order chi connectivity index (χ1) is 6.20. The van der Waals surface area contributed by atoms with Crippen molar-refractivity contribution < 1.29 is 8.42 Å². The van der Waals surface area contributed by atoms with Crippen molar-refractivity contribution in [3.05, 3.63) is 0 Å². The summed E-state index contributed by atoms with van der Waals surface area (Å²) < 4.78 is 24.9. The Balaban J connectivity index is 2.07. The van der Waals surface area contributed by atoms with Gasteiger partial charge in [-0.05, 0) is 19.3 Å². The second kappa shape index (κ2) is 3.58. The number of hydrogen-bond donors (Lipinski definition) is 0. The molecule has 13 heavy (non-hydrogen) atoms. The standard InChI is InChI=1S/C9H17NO2S/c11-13(12)8-4-7-10(13)9-5-2-1-3-6-9/h9H,1-8H2. The molecule has 0 aromatic rings. The fourth-order valence-corrected chi connectivity index (χ4v) is 4.24. The second-order valence-corrected chi connectivity index (χ2v) is 6.11. The van der Waals surface area contributed by atoms with Gasteiger partial charge < -0.3 is 0 Å². The summed E-state index contributed by atoms with van der Waals surface area (Å²) in [4.78, 5) is 0. The summed E-state index contributed by atoms with van der Waals surface area (Å²) in [6, 6.07) is 0.334. The van der Waals surface area contributed by atoms with E-state index in [1.165, 1.54) is 19.3 Å². The molecule has 2 rings (SSSR count). The Bertz CT molecular complexity index is 267. The van der Waals surface area contributed by atoms with Crippen molar-refractivity contribution >= 4 is 10.0 Å². The molecule has 0 N–H and O–H groups in total. The predicted octanol–water partition coefficient (Wildman–Crippen LogP) is 1.35. The van der Waals surface area contributed by atoms with Crippen LogP contribution in [-0.4, -0.2) is 31.1 Å². The third-order valence-electron chi connectivity index (χ3n) is 3.12. The Hall–Kier alpha value is -0.0900. The molecule has 0 aromatic heterocycles. The van der Waals surface area contributed by atoms with Gasteiger partial charge in [-0.25, -0.2) is 8.42 Å². The van der Waals surface area contributed by atoms with E-state index in [1.807, 2.05) is 0 Å². The quantitative estimate of drug-likeness (QED) is 0.645. The lowest BCUT2D eigenvalue weighted by atomic mass is 9.95. The molecular weight excluding hydrogens is 186 g/mol. The highest BCUT2D eigenvalue weighted by Crippen LogP contribution is 2.27. The largest absolute Gasteiger partial charge is 0.214 e. The molecule has 1 aliphatic heterocycles. The van der Waals surface area contributed by atoms with Gasteiger partial charge in [0.25, 0.3) is 0 Å². The summed E-state index contributed by atoms with van der Waals surface area (Å²) in [6.45, 7) is 0.771. The van der Waals surface area contributed by atoms with Crippen LogP contribution in [0.2, 0.25) is 0 Å². The summed E-state index contributed by atoms with van der Waals surface area (Å²) in [5.74, 6) is 0.378. The molecule has 0 amide bonds. The van der Waals surface area contributed by atoms with Crippen LogP contribution in [-0.2, 0) is 10.0 Å². The lowest BCUT2D eigenvalue weighted by molar-refractivity contribution is 0.267. The topological polar surface area (TPSA) is 37.4 Å². The van der Waals surface area contributed by atoms with E-state index in [1.54, 1.807) is 4.31 Å². The zero-order chi connectivity index (χ0) is 9.31. The zero-order valence-electron chi connectivity index (χ0n) is 7.91. The molecule has 0 radical (unpaired) electrons. The molecule has 0 atom stereocenters. The minimum Gasteiger partial charge on any atom is -0.212 e. The Morgan fingerprint density at radius 2 is 1.69 bits per heavy atom. The molecule has 0 bridgehead atoms. The fourth-order valence-electron chi connectivity index (χ4n) is 2.44. The van der Waals surface area contributed by atoms with E-state index >= 15 is 0 Å². The molecule has 2 aliphatic rings. The SMILES string of the molecule is O=S1(=O)CCCN1C1CCCCC1. The molecule has 1 saturated heterocycles. The van der Waals surface area contributed by atoms with E-state index in [4.69, 9.17) is 0 Å². The normalized spacial score (nSPS) is 30.8. The summed E-state index contributed by atoms with van der Waals surface area (Å²) >= 11 is 0. The smallest absolute Gasteiger partial charge is 0.212 e. The van der Waals surface area contributed by atoms with Crippen LogP contribution in [0.25, 0.3) is 0 Å². The van der Waals surface area contributed by atoms with Gasteiger partial charge in [-0.3, -0.25) is 0 Å². The van der Waals surface area contributed by atoms with Crippen LogP contribution in [0.5, 0.6) is 0 Å². The van der Waals surface area contributed by atoms with Crippen LogP contribution in [0.1, 0.15) is 38.5 Å². The molecule has 76 valence electrons. The van der Waals surface area contributed by atoms with Gasteiger partial charge in [0.2, 0.25) is 10.0 Å². The molecule has 4 heteroatoms. The van der Waals surface area contributed by atoms with E-state index in [2.05, 4.69) is 0 Å². The second-order valence-electron chi connectivity index (χ2n) is 4.07. The molecule has 2 fully saturated rings. The van der Waals surface area contributed by atoms with Crippen molar-refractivity contribution in [2.45, 2.75) is 44.6 Å². The van der Waals surface area contributed by atoms with E-state index in [-0.39, 0.29) is 0 Å². The van der Waals surface area contributed by atoms with E-state index in [0.717, 1.165) is 25.8 Å². The highest BCUT2D eigenvalue weighted by Gasteiger charge is 2.34. The fraction of sp³-hybridized carbons (Fsp3) is 1.00. The van der Waals surface area contributed by atoms with Gasteiger partial charge >= 0.3 is 0 Å². The third kappa shape index (κ3) is 1.89. The summed E-state index contributed by atoms with van der Waals surface area (Å²) in [6.07, 6.45) is 6.69. The lowest BCUT2D eigenvalue weighted by Gasteiger charge is -2.29. The maximum Gasteiger partial charge on any atom is 0.214 e. The average Bonchev–Trinajstić information content (AvgIpc) is 2.47. The van der Waals surface area contributed by atoms with E-state index in [0.29, 0.717) is 11.8 Å². The van der Waals surface area contributed by atoms with Crippen LogP contribution in [0.15, 0.2) is 0 Å². The first-order valence-electron chi connectivity index (χ1n) is 5.20. The van der Waals surface area contributed by atoms with Crippen molar-refractivity contribution in [2.75, 3.05) is 12.3 Å². The minimum atomic E-state index is -2.85. The average molecular weight is 203 g/mol. The Labute approximate surface area is 80.2 Å². The minimum absolute atomic E-state index is 0.334. The Kier molecular flexibility index (Phi) is 2.60. The van der Waals surface area contributed by atoms with Gasteiger partial charge in [0.05, 0.1) is 5.75 Å². The van der Waals surface area contributed by atoms with Gasteiger partial charge in [-0.2, -0.15) is 4.31 Å². The zero-order valence-corrected chi connectivity index (χ0v) is 8.72. The van der Waals surface area contributed by atoms with Crippen LogP contribution in [0.4, 0.5) is 0 Å². The number of nitrogens with zero attached hydrogens (tertiary/aromatic N) is 1. The summed E-state index contributed by atoms with van der Waals surface area (Å²) in [5.41, 5.74) is 0. The molecule has 1 saturated carbocycles. The predicted molar refractivity (Wildman–Crippen MR) is 52.0 cm³/mol. The highest BCUT2D eigenvalue weighted by atomic mass is 32.2. The molecule has 0 unspecified atom stereocenters. The van der Waals surface area contributed by atoms with Crippen molar-refractivity contribution in [3.63, 3.8) is 0 Å². The molecule has 0 spiro atoms. The van der Waals surface area contributed by atoms with Crippen LogP contribution in [0.3, 0.4) is 0 Å². The molecule has 3 nitrogen and oxygen atoms in total. The number of rotatable bonds is 1. The van der Waals surface area contributed by atoms with Gasteiger partial charge in [-0.1, -0.05) is 19.3 Å². The summed E-state index contributed by atoms with van der Waals surface area (Å²) in [7, 11) is -2.85. The Morgan fingerprint density at radius 1 is 1.00 bits per heavy atom. The number of sulfonamides is 1. The molecule has 1 aliphatic carbocycles. The maximum atomic E-state index is 11.6. The first kappa shape index (κ1) is 9.46. The van der Waals surface area contributed by atoms with Gasteiger partial charge in [0.15, 0.2) is 0 Å². The number of hydrogen-bond acceptors (Lipinski definition) is 2. The van der Waals surface area contributed by atoms with Crippen molar-refractivity contribution in [1.29, 1.82) is 0 Å². The van der Waals surface area contributed by atoms with E-state index < -0.39 is 10.0 Å². The Morgan fingerprint density at radius 3 is 2.23 bits per heavy atom. The summed E-state index contributed by atoms with van der Waals surface area (Å²) in [5, 5.41) is 0.